The van der Waals surface area contributed by atoms with Crippen molar-refractivity contribution in [3.63, 3.8) is 0 Å². The summed E-state index contributed by atoms with van der Waals surface area (Å²) < 4.78 is 5.21. The Morgan fingerprint density at radius 3 is 2.85 bits per heavy atom. The molecule has 0 spiro atoms. The third-order valence-corrected chi connectivity index (χ3v) is 4.84. The number of hydrogen-bond acceptors (Lipinski definition) is 5. The van der Waals surface area contributed by atoms with Gasteiger partial charge in [-0.15, -0.1) is 0 Å². The largest absolute Gasteiger partial charge is 0.495 e. The number of carbonyl (C=O) groups excluding carboxylic acids is 2. The molecule has 0 aliphatic carbocycles. The molecule has 1 aliphatic heterocycles. The van der Waals surface area contributed by atoms with Crippen LogP contribution in [-0.2, 0) is 9.59 Å². The Morgan fingerprint density at radius 2 is 2.08 bits per heavy atom. The lowest BCUT2D eigenvalue weighted by atomic mass is 10.2. The SMILES string of the molecule is COc1ccccc1NC(=O)C[C@@H]1SC(=Nc2cccc(C)c2)NC1=O. The Kier molecular flexibility index (Phi) is 5.58. The maximum atomic E-state index is 12.3. The molecule has 1 aliphatic rings. The third-order valence-electron chi connectivity index (χ3n) is 3.76. The number of methoxy groups -OCH3 is 1. The predicted molar refractivity (Wildman–Crippen MR) is 104 cm³/mol. The topological polar surface area (TPSA) is 79.8 Å². The van der Waals surface area contributed by atoms with Crippen molar-refractivity contribution in [3.05, 3.63) is 54.1 Å². The smallest absolute Gasteiger partial charge is 0.240 e. The van der Waals surface area contributed by atoms with Gasteiger partial charge in [-0.25, -0.2) is 4.99 Å². The Labute approximate surface area is 156 Å². The molecule has 26 heavy (non-hydrogen) atoms. The summed E-state index contributed by atoms with van der Waals surface area (Å²) in [5, 5.41) is 5.52. The molecule has 1 atom stereocenters. The number of amides is 2. The second kappa shape index (κ2) is 8.05. The molecule has 0 radical (unpaired) electrons. The summed E-state index contributed by atoms with van der Waals surface area (Å²) >= 11 is 1.27. The summed E-state index contributed by atoms with van der Waals surface area (Å²) in [5.41, 5.74) is 2.44. The summed E-state index contributed by atoms with van der Waals surface area (Å²) in [6.07, 6.45) is 0.0569. The van der Waals surface area contributed by atoms with E-state index >= 15 is 0 Å². The maximum absolute atomic E-state index is 12.3. The molecule has 3 rings (SSSR count). The zero-order chi connectivity index (χ0) is 18.5. The minimum absolute atomic E-state index is 0.0569. The minimum atomic E-state index is -0.506. The molecule has 0 unspecified atom stereocenters. The number of thioether (sulfide) groups is 1. The molecule has 2 N–H and O–H groups in total. The first kappa shape index (κ1) is 18.0. The van der Waals surface area contributed by atoms with Crippen LogP contribution in [0.25, 0.3) is 0 Å². The first-order valence-electron chi connectivity index (χ1n) is 8.11. The number of nitrogens with one attached hydrogen (secondary N) is 2. The van der Waals surface area contributed by atoms with E-state index in [1.807, 2.05) is 43.3 Å². The lowest BCUT2D eigenvalue weighted by molar-refractivity contribution is -0.122. The lowest BCUT2D eigenvalue weighted by Crippen LogP contribution is -2.28. The fourth-order valence-corrected chi connectivity index (χ4v) is 3.51. The van der Waals surface area contributed by atoms with E-state index in [9.17, 15) is 9.59 Å². The fraction of sp³-hybridized carbons (Fsp3) is 0.211. The maximum Gasteiger partial charge on any atom is 0.240 e. The summed E-state index contributed by atoms with van der Waals surface area (Å²) in [6, 6.07) is 14.8. The van der Waals surface area contributed by atoms with Gasteiger partial charge in [0, 0.05) is 6.42 Å². The van der Waals surface area contributed by atoms with Gasteiger partial charge in [0.2, 0.25) is 11.8 Å². The number of benzene rings is 2. The highest BCUT2D eigenvalue weighted by atomic mass is 32.2. The zero-order valence-corrected chi connectivity index (χ0v) is 15.3. The van der Waals surface area contributed by atoms with E-state index < -0.39 is 5.25 Å². The van der Waals surface area contributed by atoms with Gasteiger partial charge in [-0.2, -0.15) is 0 Å². The lowest BCUT2D eigenvalue weighted by Gasteiger charge is -2.10. The van der Waals surface area contributed by atoms with Crippen molar-refractivity contribution < 1.29 is 14.3 Å². The van der Waals surface area contributed by atoms with Crippen LogP contribution in [0.2, 0.25) is 0 Å². The molecule has 2 aromatic rings. The molecule has 2 aromatic carbocycles. The van der Waals surface area contributed by atoms with Gasteiger partial charge in [-0.3, -0.25) is 9.59 Å². The van der Waals surface area contributed by atoms with Gasteiger partial charge in [-0.05, 0) is 36.8 Å². The first-order chi connectivity index (χ1) is 12.5. The molecule has 0 saturated carbocycles. The quantitative estimate of drug-likeness (QED) is 0.848. The fourth-order valence-electron chi connectivity index (χ4n) is 2.52. The van der Waals surface area contributed by atoms with Crippen molar-refractivity contribution >= 4 is 40.1 Å². The third kappa shape index (κ3) is 4.43. The van der Waals surface area contributed by atoms with Crippen molar-refractivity contribution in [2.45, 2.75) is 18.6 Å². The highest BCUT2D eigenvalue weighted by Gasteiger charge is 2.32. The molecule has 1 saturated heterocycles. The van der Waals surface area contributed by atoms with Crippen molar-refractivity contribution in [1.29, 1.82) is 0 Å². The highest BCUT2D eigenvalue weighted by molar-refractivity contribution is 8.15. The number of para-hydroxylation sites is 2. The van der Waals surface area contributed by atoms with Gasteiger partial charge < -0.3 is 15.4 Å². The second-order valence-corrected chi connectivity index (χ2v) is 7.00. The van der Waals surface area contributed by atoms with Crippen LogP contribution in [-0.4, -0.2) is 29.3 Å². The van der Waals surface area contributed by atoms with E-state index in [1.54, 1.807) is 19.2 Å². The standard InChI is InChI=1S/C19H19N3O3S/c1-12-6-5-7-13(10-12)20-19-22-18(24)16(26-19)11-17(23)21-14-8-3-4-9-15(14)25-2/h3-10,16H,11H2,1-2H3,(H,21,23)(H,20,22,24)/t16-/m0/s1. The summed E-state index contributed by atoms with van der Waals surface area (Å²) in [7, 11) is 1.54. The molecular formula is C19H19N3O3S. The number of ether oxygens (including phenoxy) is 1. The van der Waals surface area contributed by atoms with E-state index in [1.165, 1.54) is 11.8 Å². The second-order valence-electron chi connectivity index (χ2n) is 5.80. The van der Waals surface area contributed by atoms with E-state index in [0.717, 1.165) is 11.3 Å². The zero-order valence-electron chi connectivity index (χ0n) is 14.5. The van der Waals surface area contributed by atoms with Gasteiger partial charge >= 0.3 is 0 Å². The van der Waals surface area contributed by atoms with Crippen molar-refractivity contribution in [3.8, 4) is 5.75 Å². The molecule has 1 fully saturated rings. The van der Waals surface area contributed by atoms with Crippen LogP contribution in [0.15, 0.2) is 53.5 Å². The number of carbonyl (C=O) groups is 2. The number of rotatable bonds is 5. The number of aryl methyl sites for hydroxylation is 1. The monoisotopic (exact) mass is 369 g/mol. The normalized spacial score (nSPS) is 17.8. The molecule has 7 heteroatoms. The number of aliphatic imine (C=N–C) groups is 1. The molecule has 2 amide bonds. The van der Waals surface area contributed by atoms with Crippen molar-refractivity contribution in [2.75, 3.05) is 12.4 Å². The minimum Gasteiger partial charge on any atom is -0.495 e. The van der Waals surface area contributed by atoms with Crippen LogP contribution < -0.4 is 15.4 Å². The van der Waals surface area contributed by atoms with Crippen LogP contribution in [0.5, 0.6) is 5.75 Å². The van der Waals surface area contributed by atoms with E-state index in [-0.39, 0.29) is 18.2 Å². The number of anilines is 1. The predicted octanol–water partition coefficient (Wildman–Crippen LogP) is 3.25. The molecule has 134 valence electrons. The Hall–Kier alpha value is -2.80. The van der Waals surface area contributed by atoms with Gasteiger partial charge in [0.15, 0.2) is 5.17 Å². The summed E-state index contributed by atoms with van der Waals surface area (Å²) in [4.78, 5) is 28.9. The number of hydrogen-bond donors (Lipinski definition) is 2. The average Bonchev–Trinajstić information content (AvgIpc) is 2.94. The first-order valence-corrected chi connectivity index (χ1v) is 8.99. The van der Waals surface area contributed by atoms with E-state index in [0.29, 0.717) is 16.6 Å². The Bertz CT molecular complexity index is 867. The Morgan fingerprint density at radius 1 is 1.27 bits per heavy atom. The van der Waals surface area contributed by atoms with Crippen LogP contribution in [0, 0.1) is 6.92 Å². The molecule has 0 aromatic heterocycles. The summed E-state index contributed by atoms with van der Waals surface area (Å²) in [6.45, 7) is 1.98. The van der Waals surface area contributed by atoms with Crippen LogP contribution in [0.3, 0.4) is 0 Å². The molecule has 6 nitrogen and oxygen atoms in total. The van der Waals surface area contributed by atoms with Crippen molar-refractivity contribution in [1.82, 2.24) is 5.32 Å². The van der Waals surface area contributed by atoms with Gasteiger partial charge in [0.05, 0.1) is 18.5 Å². The van der Waals surface area contributed by atoms with Crippen molar-refractivity contribution in [2.24, 2.45) is 4.99 Å². The number of amidine groups is 1. The van der Waals surface area contributed by atoms with Gasteiger partial charge in [0.1, 0.15) is 11.0 Å². The summed E-state index contributed by atoms with van der Waals surface area (Å²) in [5.74, 6) is 0.113. The van der Waals surface area contributed by atoms with Crippen LogP contribution in [0.1, 0.15) is 12.0 Å². The van der Waals surface area contributed by atoms with Gasteiger partial charge in [-0.1, -0.05) is 36.0 Å². The van der Waals surface area contributed by atoms with Crippen LogP contribution in [0.4, 0.5) is 11.4 Å². The van der Waals surface area contributed by atoms with Crippen LogP contribution >= 0.6 is 11.8 Å². The van der Waals surface area contributed by atoms with E-state index in [4.69, 9.17) is 4.74 Å². The average molecular weight is 369 g/mol. The molecular weight excluding hydrogens is 350 g/mol. The number of nitrogens with zero attached hydrogens (tertiary/aromatic N) is 1. The highest BCUT2D eigenvalue weighted by Crippen LogP contribution is 2.27. The molecule has 1 heterocycles. The van der Waals surface area contributed by atoms with Gasteiger partial charge in [0.25, 0.3) is 0 Å². The molecule has 0 bridgehead atoms. The van der Waals surface area contributed by atoms with E-state index in [2.05, 4.69) is 15.6 Å². The Balaban J connectivity index is 1.63.